The van der Waals surface area contributed by atoms with Crippen LogP contribution in [-0.2, 0) is 16.1 Å². The summed E-state index contributed by atoms with van der Waals surface area (Å²) in [5.41, 5.74) is 0.928. The molecule has 1 rings (SSSR count). The van der Waals surface area contributed by atoms with E-state index in [9.17, 15) is 9.59 Å². The predicted octanol–water partition coefficient (Wildman–Crippen LogP) is 3.51. The van der Waals surface area contributed by atoms with Crippen molar-refractivity contribution in [1.82, 2.24) is 10.3 Å². The SMILES string of the molecule is CC(C)CCC(=O)NCc1ccnc(NC(=O)CCC(C)C)c1. The van der Waals surface area contributed by atoms with Gasteiger partial charge < -0.3 is 10.6 Å². The van der Waals surface area contributed by atoms with E-state index in [4.69, 9.17) is 0 Å². The summed E-state index contributed by atoms with van der Waals surface area (Å²) in [6, 6.07) is 3.64. The van der Waals surface area contributed by atoms with Gasteiger partial charge in [-0.25, -0.2) is 4.98 Å². The Bertz CT molecular complexity index is 513. The van der Waals surface area contributed by atoms with Crippen LogP contribution in [0.3, 0.4) is 0 Å². The first-order chi connectivity index (χ1) is 10.9. The van der Waals surface area contributed by atoms with Gasteiger partial charge in [0.05, 0.1) is 0 Å². The molecule has 2 amide bonds. The molecule has 0 saturated carbocycles. The molecule has 0 aliphatic carbocycles. The minimum Gasteiger partial charge on any atom is -0.352 e. The topological polar surface area (TPSA) is 71.1 Å². The molecule has 0 fully saturated rings. The molecule has 0 aliphatic heterocycles. The van der Waals surface area contributed by atoms with Gasteiger partial charge in [-0.05, 0) is 42.4 Å². The lowest BCUT2D eigenvalue weighted by Crippen LogP contribution is -2.23. The van der Waals surface area contributed by atoms with E-state index in [0.717, 1.165) is 18.4 Å². The molecule has 0 bridgehead atoms. The number of carbonyl (C=O) groups is 2. The fraction of sp³-hybridized carbons (Fsp3) is 0.611. The van der Waals surface area contributed by atoms with Gasteiger partial charge in [-0.1, -0.05) is 27.7 Å². The number of anilines is 1. The molecule has 128 valence electrons. The number of amides is 2. The van der Waals surface area contributed by atoms with Crippen molar-refractivity contribution >= 4 is 17.6 Å². The van der Waals surface area contributed by atoms with Crippen LogP contribution in [0, 0.1) is 11.8 Å². The van der Waals surface area contributed by atoms with Crippen LogP contribution in [0.5, 0.6) is 0 Å². The minimum atomic E-state index is -0.0238. The number of aromatic nitrogens is 1. The first-order valence-electron chi connectivity index (χ1n) is 8.38. The van der Waals surface area contributed by atoms with E-state index in [0.29, 0.717) is 37.0 Å². The number of hydrogen-bond acceptors (Lipinski definition) is 3. The molecule has 0 aliphatic rings. The van der Waals surface area contributed by atoms with Gasteiger partial charge in [0.25, 0.3) is 0 Å². The summed E-state index contributed by atoms with van der Waals surface area (Å²) in [4.78, 5) is 27.7. The van der Waals surface area contributed by atoms with Crippen LogP contribution in [0.1, 0.15) is 58.9 Å². The smallest absolute Gasteiger partial charge is 0.225 e. The van der Waals surface area contributed by atoms with Crippen molar-refractivity contribution in [2.24, 2.45) is 11.8 Å². The van der Waals surface area contributed by atoms with E-state index < -0.39 is 0 Å². The molecule has 5 heteroatoms. The van der Waals surface area contributed by atoms with Gasteiger partial charge in [-0.3, -0.25) is 9.59 Å². The van der Waals surface area contributed by atoms with Gasteiger partial charge in [0.15, 0.2) is 0 Å². The first-order valence-corrected chi connectivity index (χ1v) is 8.38. The molecule has 1 aromatic rings. The number of hydrogen-bond donors (Lipinski definition) is 2. The van der Waals surface area contributed by atoms with Gasteiger partial charge in [0.2, 0.25) is 11.8 Å². The van der Waals surface area contributed by atoms with Crippen LogP contribution in [0.15, 0.2) is 18.3 Å². The second-order valence-electron chi connectivity index (χ2n) is 6.74. The third-order valence-electron chi connectivity index (χ3n) is 3.48. The Hall–Kier alpha value is -1.91. The van der Waals surface area contributed by atoms with Crippen LogP contribution < -0.4 is 10.6 Å². The maximum absolute atomic E-state index is 11.8. The zero-order valence-corrected chi connectivity index (χ0v) is 14.7. The molecule has 0 aromatic carbocycles. The molecule has 0 unspecified atom stereocenters. The van der Waals surface area contributed by atoms with Crippen molar-refractivity contribution in [3.8, 4) is 0 Å². The molecule has 0 saturated heterocycles. The average molecular weight is 319 g/mol. The third-order valence-corrected chi connectivity index (χ3v) is 3.48. The van der Waals surface area contributed by atoms with Crippen molar-refractivity contribution in [3.05, 3.63) is 23.9 Å². The summed E-state index contributed by atoms with van der Waals surface area (Å²) in [7, 11) is 0. The number of nitrogens with zero attached hydrogens (tertiary/aromatic N) is 1. The summed E-state index contributed by atoms with van der Waals surface area (Å²) in [5.74, 6) is 1.59. The standard InChI is InChI=1S/C18H29N3O2/c1-13(2)5-7-17(22)20-12-15-9-10-19-16(11-15)21-18(23)8-6-14(3)4/h9-11,13-14H,5-8,12H2,1-4H3,(H,20,22)(H,19,21,23). The summed E-state index contributed by atoms with van der Waals surface area (Å²) >= 11 is 0. The van der Waals surface area contributed by atoms with Crippen molar-refractivity contribution < 1.29 is 9.59 Å². The second kappa shape index (κ2) is 9.98. The highest BCUT2D eigenvalue weighted by molar-refractivity contribution is 5.89. The molecule has 5 nitrogen and oxygen atoms in total. The summed E-state index contributed by atoms with van der Waals surface area (Å²) in [6.45, 7) is 8.84. The molecule has 1 aromatic heterocycles. The highest BCUT2D eigenvalue weighted by Crippen LogP contribution is 2.10. The van der Waals surface area contributed by atoms with E-state index >= 15 is 0 Å². The minimum absolute atomic E-state index is 0.0238. The normalized spacial score (nSPS) is 10.9. The maximum atomic E-state index is 11.8. The maximum Gasteiger partial charge on any atom is 0.225 e. The number of pyridine rings is 1. The Labute approximate surface area is 139 Å². The molecule has 0 spiro atoms. The lowest BCUT2D eigenvalue weighted by Gasteiger charge is -2.09. The molecule has 0 atom stereocenters. The van der Waals surface area contributed by atoms with E-state index in [2.05, 4.69) is 43.3 Å². The number of carbonyl (C=O) groups excluding carboxylic acids is 2. The van der Waals surface area contributed by atoms with Crippen LogP contribution in [0.4, 0.5) is 5.82 Å². The fourth-order valence-electron chi connectivity index (χ4n) is 1.99. The van der Waals surface area contributed by atoms with E-state index in [1.54, 1.807) is 12.3 Å². The zero-order valence-electron chi connectivity index (χ0n) is 14.7. The number of rotatable bonds is 9. The Kier molecular flexibility index (Phi) is 8.30. The Morgan fingerprint density at radius 2 is 1.65 bits per heavy atom. The first kappa shape index (κ1) is 19.1. The van der Waals surface area contributed by atoms with Crippen LogP contribution in [0.2, 0.25) is 0 Å². The Morgan fingerprint density at radius 1 is 1.04 bits per heavy atom. The Balaban J connectivity index is 2.44. The van der Waals surface area contributed by atoms with Crippen molar-refractivity contribution in [2.75, 3.05) is 5.32 Å². The van der Waals surface area contributed by atoms with Crippen molar-refractivity contribution in [3.63, 3.8) is 0 Å². The van der Waals surface area contributed by atoms with E-state index in [1.807, 2.05) is 6.07 Å². The van der Waals surface area contributed by atoms with Crippen LogP contribution in [-0.4, -0.2) is 16.8 Å². The third kappa shape index (κ3) is 8.96. The van der Waals surface area contributed by atoms with Crippen molar-refractivity contribution in [2.45, 2.75) is 59.9 Å². The molecule has 2 N–H and O–H groups in total. The Morgan fingerprint density at radius 3 is 2.26 bits per heavy atom. The lowest BCUT2D eigenvalue weighted by molar-refractivity contribution is -0.121. The molecular formula is C18H29N3O2. The summed E-state index contributed by atoms with van der Waals surface area (Å²) in [6.07, 6.45) is 4.43. The van der Waals surface area contributed by atoms with Gasteiger partial charge in [0.1, 0.15) is 5.82 Å². The zero-order chi connectivity index (χ0) is 17.2. The van der Waals surface area contributed by atoms with Gasteiger partial charge >= 0.3 is 0 Å². The van der Waals surface area contributed by atoms with Crippen molar-refractivity contribution in [1.29, 1.82) is 0 Å². The largest absolute Gasteiger partial charge is 0.352 e. The molecule has 0 radical (unpaired) electrons. The monoisotopic (exact) mass is 319 g/mol. The van der Waals surface area contributed by atoms with Gasteiger partial charge in [0, 0.05) is 25.6 Å². The average Bonchev–Trinajstić information content (AvgIpc) is 2.49. The quantitative estimate of drug-likeness (QED) is 0.731. The van der Waals surface area contributed by atoms with E-state index in [1.165, 1.54) is 0 Å². The predicted molar refractivity (Wildman–Crippen MR) is 92.9 cm³/mol. The molecule has 23 heavy (non-hydrogen) atoms. The summed E-state index contributed by atoms with van der Waals surface area (Å²) in [5, 5.41) is 5.70. The lowest BCUT2D eigenvalue weighted by atomic mass is 10.1. The van der Waals surface area contributed by atoms with Crippen LogP contribution in [0.25, 0.3) is 0 Å². The summed E-state index contributed by atoms with van der Waals surface area (Å²) < 4.78 is 0. The van der Waals surface area contributed by atoms with Gasteiger partial charge in [-0.2, -0.15) is 0 Å². The van der Waals surface area contributed by atoms with Crippen LogP contribution >= 0.6 is 0 Å². The molecular weight excluding hydrogens is 290 g/mol. The number of nitrogens with one attached hydrogen (secondary N) is 2. The highest BCUT2D eigenvalue weighted by atomic mass is 16.2. The fourth-order valence-corrected chi connectivity index (χ4v) is 1.99. The van der Waals surface area contributed by atoms with Gasteiger partial charge in [-0.15, -0.1) is 0 Å². The molecule has 1 heterocycles. The highest BCUT2D eigenvalue weighted by Gasteiger charge is 2.07. The second-order valence-corrected chi connectivity index (χ2v) is 6.74. The van der Waals surface area contributed by atoms with E-state index in [-0.39, 0.29) is 11.8 Å².